The largest absolute Gasteiger partial charge is 0.486 e. The smallest absolute Gasteiger partial charge is 0.339 e. The summed E-state index contributed by atoms with van der Waals surface area (Å²) in [5, 5.41) is 5.40. The van der Waals surface area contributed by atoms with Gasteiger partial charge in [0.05, 0.1) is 24.5 Å². The van der Waals surface area contributed by atoms with Crippen molar-refractivity contribution in [3.8, 4) is 11.5 Å². The summed E-state index contributed by atoms with van der Waals surface area (Å²) >= 11 is 1.21. The molecule has 0 spiro atoms. The highest BCUT2D eigenvalue weighted by Crippen LogP contribution is 2.30. The molecule has 1 unspecified atom stereocenters. The number of hydrogen-bond donors (Lipinski definition) is 2. The van der Waals surface area contributed by atoms with Gasteiger partial charge in [0.25, 0.3) is 5.91 Å². The molecule has 1 atom stereocenters. The van der Waals surface area contributed by atoms with Crippen LogP contribution in [0.4, 0.5) is 0 Å². The van der Waals surface area contributed by atoms with E-state index in [0.717, 1.165) is 0 Å². The van der Waals surface area contributed by atoms with Crippen LogP contribution in [0.1, 0.15) is 10.4 Å². The normalized spacial score (nSPS) is 14.3. The van der Waals surface area contributed by atoms with Crippen LogP contribution in [-0.4, -0.2) is 69.7 Å². The summed E-state index contributed by atoms with van der Waals surface area (Å²) in [4.78, 5) is 37.1. The first-order valence-electron chi connectivity index (χ1n) is 10.4. The van der Waals surface area contributed by atoms with E-state index in [4.69, 9.17) is 18.9 Å². The van der Waals surface area contributed by atoms with Crippen molar-refractivity contribution in [2.45, 2.75) is 11.0 Å². The first kappa shape index (κ1) is 24.4. The Balaban J connectivity index is 1.42. The van der Waals surface area contributed by atoms with Gasteiger partial charge in [0.15, 0.2) is 18.1 Å². The molecule has 2 aromatic rings. The van der Waals surface area contributed by atoms with Gasteiger partial charge in [-0.15, -0.1) is 11.8 Å². The number of methoxy groups -OCH3 is 1. The zero-order valence-corrected chi connectivity index (χ0v) is 19.0. The lowest BCUT2D eigenvalue weighted by Crippen LogP contribution is -2.42. The quantitative estimate of drug-likeness (QED) is 0.287. The first-order chi connectivity index (χ1) is 16.1. The van der Waals surface area contributed by atoms with Crippen LogP contribution in [0, 0.1) is 0 Å². The van der Waals surface area contributed by atoms with E-state index < -0.39 is 18.5 Å². The van der Waals surface area contributed by atoms with Crippen molar-refractivity contribution in [2.24, 2.45) is 0 Å². The highest BCUT2D eigenvalue weighted by molar-refractivity contribution is 8.00. The van der Waals surface area contributed by atoms with Crippen LogP contribution in [0.5, 0.6) is 11.5 Å². The van der Waals surface area contributed by atoms with Gasteiger partial charge in [0.2, 0.25) is 5.91 Å². The van der Waals surface area contributed by atoms with E-state index in [0.29, 0.717) is 41.7 Å². The number of esters is 1. The summed E-state index contributed by atoms with van der Waals surface area (Å²) in [6, 6.07) is 14.1. The number of amides is 2. The highest BCUT2D eigenvalue weighted by atomic mass is 32.2. The lowest BCUT2D eigenvalue weighted by Gasteiger charge is -2.26. The van der Waals surface area contributed by atoms with Crippen LogP contribution < -0.4 is 20.1 Å². The summed E-state index contributed by atoms with van der Waals surface area (Å²) < 4.78 is 21.4. The van der Waals surface area contributed by atoms with Gasteiger partial charge in [0, 0.05) is 18.6 Å². The molecule has 0 radical (unpaired) electrons. The molecule has 0 saturated carbocycles. The minimum Gasteiger partial charge on any atom is -0.486 e. The summed E-state index contributed by atoms with van der Waals surface area (Å²) in [7, 11) is 1.56. The third-order valence-corrected chi connectivity index (χ3v) is 5.60. The molecule has 3 rings (SSSR count). The van der Waals surface area contributed by atoms with Crippen molar-refractivity contribution >= 4 is 29.5 Å². The molecule has 0 fully saturated rings. The number of thioether (sulfide) groups is 1. The number of benzene rings is 2. The lowest BCUT2D eigenvalue weighted by molar-refractivity contribution is -0.124. The van der Waals surface area contributed by atoms with Gasteiger partial charge in [-0.2, -0.15) is 0 Å². The van der Waals surface area contributed by atoms with Crippen LogP contribution in [0.25, 0.3) is 0 Å². The Morgan fingerprint density at radius 3 is 2.61 bits per heavy atom. The van der Waals surface area contributed by atoms with Crippen molar-refractivity contribution in [3.63, 3.8) is 0 Å². The predicted molar refractivity (Wildman–Crippen MR) is 122 cm³/mol. The van der Waals surface area contributed by atoms with Crippen LogP contribution >= 0.6 is 11.8 Å². The zero-order chi connectivity index (χ0) is 23.5. The summed E-state index contributed by atoms with van der Waals surface area (Å²) in [5.41, 5.74) is 0.292. The predicted octanol–water partition coefficient (Wildman–Crippen LogP) is 1.65. The van der Waals surface area contributed by atoms with Crippen molar-refractivity contribution in [1.29, 1.82) is 0 Å². The molecule has 176 valence electrons. The molecule has 1 aliphatic heterocycles. The Morgan fingerprint density at radius 1 is 1.03 bits per heavy atom. The maximum Gasteiger partial charge on any atom is 0.339 e. The van der Waals surface area contributed by atoms with Crippen molar-refractivity contribution in [2.75, 3.05) is 45.8 Å². The van der Waals surface area contributed by atoms with Gasteiger partial charge >= 0.3 is 5.97 Å². The lowest BCUT2D eigenvalue weighted by atomic mass is 10.2. The maximum absolute atomic E-state index is 12.5. The highest BCUT2D eigenvalue weighted by Gasteiger charge is 2.21. The van der Waals surface area contributed by atoms with E-state index in [1.54, 1.807) is 37.4 Å². The maximum atomic E-state index is 12.5. The second kappa shape index (κ2) is 12.7. The molecule has 9 nitrogen and oxygen atoms in total. The molecule has 0 aliphatic carbocycles. The first-order valence-corrected chi connectivity index (χ1v) is 11.3. The van der Waals surface area contributed by atoms with Crippen molar-refractivity contribution < 1.29 is 33.3 Å². The van der Waals surface area contributed by atoms with Gasteiger partial charge in [-0.05, 0) is 24.3 Å². The Morgan fingerprint density at radius 2 is 1.79 bits per heavy atom. The third-order valence-electron chi connectivity index (χ3n) is 4.52. The fraction of sp³-hybridized carbons (Fsp3) is 0.348. The number of rotatable bonds is 11. The van der Waals surface area contributed by atoms with Gasteiger partial charge in [-0.1, -0.05) is 24.3 Å². The zero-order valence-electron chi connectivity index (χ0n) is 18.2. The Hall–Kier alpha value is -3.24. The number of para-hydroxylation sites is 2. The molecular formula is C23H26N2O7S. The molecule has 2 aromatic carbocycles. The summed E-state index contributed by atoms with van der Waals surface area (Å²) in [6.07, 6.45) is -0.341. The Bertz CT molecular complexity index is 969. The average molecular weight is 475 g/mol. The topological polar surface area (TPSA) is 112 Å². The molecular weight excluding hydrogens is 448 g/mol. The van der Waals surface area contributed by atoms with E-state index in [1.165, 1.54) is 11.8 Å². The van der Waals surface area contributed by atoms with Crippen LogP contribution in [-0.2, 0) is 19.1 Å². The van der Waals surface area contributed by atoms with Crippen molar-refractivity contribution in [1.82, 2.24) is 10.6 Å². The Labute approximate surface area is 196 Å². The van der Waals surface area contributed by atoms with E-state index in [1.807, 2.05) is 18.2 Å². The number of ether oxygens (including phenoxy) is 4. The minimum absolute atomic E-state index is 0.140. The van der Waals surface area contributed by atoms with E-state index in [2.05, 4.69) is 10.6 Å². The van der Waals surface area contributed by atoms with Crippen molar-refractivity contribution in [3.05, 3.63) is 54.1 Å². The molecule has 1 aliphatic rings. The molecule has 10 heteroatoms. The van der Waals surface area contributed by atoms with Crippen LogP contribution in [0.3, 0.4) is 0 Å². The fourth-order valence-corrected chi connectivity index (χ4v) is 3.77. The summed E-state index contributed by atoms with van der Waals surface area (Å²) in [5.74, 6) is 0.166. The minimum atomic E-state index is -0.640. The van der Waals surface area contributed by atoms with Crippen LogP contribution in [0.15, 0.2) is 53.4 Å². The molecule has 0 saturated heterocycles. The second-order valence-corrected chi connectivity index (χ2v) is 8.02. The number of hydrogen-bond acceptors (Lipinski definition) is 8. The van der Waals surface area contributed by atoms with E-state index >= 15 is 0 Å². The molecule has 33 heavy (non-hydrogen) atoms. The van der Waals surface area contributed by atoms with E-state index in [-0.39, 0.29) is 24.3 Å². The summed E-state index contributed by atoms with van der Waals surface area (Å²) in [6.45, 7) is 0.934. The SMILES string of the molecule is COCCNC(=O)CSc1ccccc1C(=O)OCC(=O)NCC1COc2ccccc2O1. The standard InChI is InChI=1S/C23H26N2O7S/c1-29-11-10-24-22(27)15-33-20-9-5-2-6-17(20)23(28)31-14-21(26)25-12-16-13-30-18-7-3-4-8-19(18)32-16/h2-9,16H,10-15H2,1H3,(H,24,27)(H,25,26). The Kier molecular flexibility index (Phi) is 9.40. The van der Waals surface area contributed by atoms with Gasteiger partial charge in [-0.25, -0.2) is 4.79 Å². The molecule has 0 bridgehead atoms. The van der Waals surface area contributed by atoms with Gasteiger partial charge in [-0.3, -0.25) is 9.59 Å². The number of carbonyl (C=O) groups is 3. The molecule has 2 amide bonds. The number of nitrogens with one attached hydrogen (secondary N) is 2. The van der Waals surface area contributed by atoms with E-state index in [9.17, 15) is 14.4 Å². The molecule has 0 aromatic heterocycles. The second-order valence-electron chi connectivity index (χ2n) is 7.01. The molecule has 2 N–H and O–H groups in total. The fourth-order valence-electron chi connectivity index (χ4n) is 2.90. The van der Waals surface area contributed by atoms with Crippen LogP contribution in [0.2, 0.25) is 0 Å². The number of fused-ring (bicyclic) bond motifs is 1. The van der Waals surface area contributed by atoms with Gasteiger partial charge in [0.1, 0.15) is 12.7 Å². The van der Waals surface area contributed by atoms with Gasteiger partial charge < -0.3 is 29.6 Å². The molecule has 1 heterocycles. The third kappa shape index (κ3) is 7.69. The number of carbonyl (C=O) groups excluding carboxylic acids is 3. The monoisotopic (exact) mass is 474 g/mol. The average Bonchev–Trinajstić information content (AvgIpc) is 2.85.